The summed E-state index contributed by atoms with van der Waals surface area (Å²) in [6.07, 6.45) is 10.8. The molecule has 7 heteroatoms. The van der Waals surface area contributed by atoms with E-state index in [0.717, 1.165) is 37.2 Å². The third-order valence-electron chi connectivity index (χ3n) is 9.89. The number of rotatable bonds is 15. The van der Waals surface area contributed by atoms with Crippen molar-refractivity contribution in [3.8, 4) is 5.75 Å². The van der Waals surface area contributed by atoms with Crippen LogP contribution in [0.4, 0.5) is 0 Å². The van der Waals surface area contributed by atoms with Crippen molar-refractivity contribution in [3.05, 3.63) is 65.2 Å². The first-order valence-electron chi connectivity index (χ1n) is 16.1. The van der Waals surface area contributed by atoms with Gasteiger partial charge in [-0.3, -0.25) is 9.69 Å². The molecule has 0 unspecified atom stereocenters. The largest absolute Gasteiger partial charge is 0.508 e. The van der Waals surface area contributed by atoms with E-state index in [9.17, 15) is 9.90 Å². The first-order valence-corrected chi connectivity index (χ1v) is 16.1. The van der Waals surface area contributed by atoms with E-state index in [2.05, 4.69) is 41.3 Å². The van der Waals surface area contributed by atoms with Gasteiger partial charge in [0, 0.05) is 50.9 Å². The summed E-state index contributed by atoms with van der Waals surface area (Å²) in [4.78, 5) is 17.6. The second-order valence-electron chi connectivity index (χ2n) is 12.6. The standard InChI is InChI=1S/C35H50N2O5/c1-40-34(41-2)24-36(23-28-10-6-7-11-28)33(39)19-21-42-20-18-27-16-17-32(38)31(22-27)35(29-12-4-3-5-13-29)25-37(26-35)30-14-8-9-15-30/h3-5,12-13,16-17,22,28,30,34,38H,6-11,14-15,18-21,23-26H2,1-2H3. The van der Waals surface area contributed by atoms with E-state index < -0.39 is 6.29 Å². The average Bonchev–Trinajstić information content (AvgIpc) is 3.71. The van der Waals surface area contributed by atoms with E-state index in [1.807, 2.05) is 17.0 Å². The highest BCUT2D eigenvalue weighted by Gasteiger charge is 2.49. The molecule has 2 saturated carbocycles. The van der Waals surface area contributed by atoms with Gasteiger partial charge in [-0.25, -0.2) is 0 Å². The van der Waals surface area contributed by atoms with Gasteiger partial charge in [-0.05, 0) is 55.2 Å². The third kappa shape index (κ3) is 7.36. The summed E-state index contributed by atoms with van der Waals surface area (Å²) in [6.45, 7) is 4.02. The molecule has 0 atom stereocenters. The van der Waals surface area contributed by atoms with Crippen LogP contribution in [0.15, 0.2) is 48.5 Å². The molecule has 1 saturated heterocycles. The molecule has 0 spiro atoms. The zero-order valence-corrected chi connectivity index (χ0v) is 25.6. The molecule has 1 aliphatic heterocycles. The van der Waals surface area contributed by atoms with Gasteiger partial charge in [0.2, 0.25) is 5.91 Å². The van der Waals surface area contributed by atoms with Crippen molar-refractivity contribution in [2.45, 2.75) is 82.0 Å². The Morgan fingerprint density at radius 1 is 0.976 bits per heavy atom. The SMILES string of the molecule is COC(CN(CC1CCCC1)C(=O)CCOCCc1ccc(O)c(C2(c3ccccc3)CN(C3CCCC3)C2)c1)OC. The maximum atomic E-state index is 13.1. The van der Waals surface area contributed by atoms with Crippen LogP contribution in [-0.4, -0.2) is 86.8 Å². The Balaban J connectivity index is 1.16. The fourth-order valence-corrected chi connectivity index (χ4v) is 7.38. The fraction of sp³-hybridized carbons (Fsp3) is 0.629. The molecule has 2 aromatic rings. The minimum atomic E-state index is -0.417. The molecule has 3 aliphatic rings. The highest BCUT2D eigenvalue weighted by molar-refractivity contribution is 5.76. The lowest BCUT2D eigenvalue weighted by Crippen LogP contribution is -2.62. The van der Waals surface area contributed by atoms with E-state index in [1.165, 1.54) is 56.9 Å². The molecule has 3 fully saturated rings. The third-order valence-corrected chi connectivity index (χ3v) is 9.89. The summed E-state index contributed by atoms with van der Waals surface area (Å²) in [5.74, 6) is 1.02. The number of amides is 1. The lowest BCUT2D eigenvalue weighted by molar-refractivity contribution is -0.147. The van der Waals surface area contributed by atoms with Crippen molar-refractivity contribution in [2.75, 3.05) is 53.6 Å². The van der Waals surface area contributed by atoms with Crippen LogP contribution in [0.2, 0.25) is 0 Å². The number of phenolic OH excluding ortho intramolecular Hbond substituents is 1. The van der Waals surface area contributed by atoms with Crippen molar-refractivity contribution in [1.29, 1.82) is 0 Å². The summed E-state index contributed by atoms with van der Waals surface area (Å²) < 4.78 is 16.7. The molecule has 2 aromatic carbocycles. The quantitative estimate of drug-likeness (QED) is 0.222. The second-order valence-corrected chi connectivity index (χ2v) is 12.6. The van der Waals surface area contributed by atoms with Crippen LogP contribution >= 0.6 is 0 Å². The summed E-state index contributed by atoms with van der Waals surface area (Å²) in [6, 6.07) is 17.4. The molecule has 2 aliphatic carbocycles. The number of carbonyl (C=O) groups is 1. The maximum Gasteiger partial charge on any atom is 0.225 e. The van der Waals surface area contributed by atoms with Crippen LogP contribution in [0, 0.1) is 5.92 Å². The van der Waals surface area contributed by atoms with Crippen LogP contribution in [0.3, 0.4) is 0 Å². The van der Waals surface area contributed by atoms with Gasteiger partial charge in [0.15, 0.2) is 6.29 Å². The predicted octanol–water partition coefficient (Wildman–Crippen LogP) is 5.52. The predicted molar refractivity (Wildman–Crippen MR) is 165 cm³/mol. The van der Waals surface area contributed by atoms with Crippen LogP contribution < -0.4 is 0 Å². The Morgan fingerprint density at radius 2 is 1.67 bits per heavy atom. The number of hydrogen-bond donors (Lipinski definition) is 1. The molecule has 1 amide bonds. The Hall–Kier alpha value is -2.45. The van der Waals surface area contributed by atoms with Crippen molar-refractivity contribution in [2.24, 2.45) is 5.92 Å². The zero-order chi connectivity index (χ0) is 29.4. The van der Waals surface area contributed by atoms with Crippen molar-refractivity contribution < 1.29 is 24.1 Å². The molecule has 0 aromatic heterocycles. The maximum absolute atomic E-state index is 13.1. The van der Waals surface area contributed by atoms with Crippen molar-refractivity contribution >= 4 is 5.91 Å². The van der Waals surface area contributed by atoms with Crippen LogP contribution in [0.25, 0.3) is 0 Å². The number of benzene rings is 2. The van der Waals surface area contributed by atoms with Gasteiger partial charge in [-0.15, -0.1) is 0 Å². The van der Waals surface area contributed by atoms with Crippen molar-refractivity contribution in [1.82, 2.24) is 9.80 Å². The monoisotopic (exact) mass is 578 g/mol. The molecule has 230 valence electrons. The van der Waals surface area contributed by atoms with Gasteiger partial charge in [-0.1, -0.05) is 68.1 Å². The Kier molecular flexibility index (Phi) is 10.9. The van der Waals surface area contributed by atoms with Crippen molar-refractivity contribution in [3.63, 3.8) is 0 Å². The molecule has 1 heterocycles. The van der Waals surface area contributed by atoms with Gasteiger partial charge >= 0.3 is 0 Å². The summed E-state index contributed by atoms with van der Waals surface area (Å²) >= 11 is 0. The number of ether oxygens (including phenoxy) is 3. The Morgan fingerprint density at radius 3 is 2.36 bits per heavy atom. The van der Waals surface area contributed by atoms with E-state index in [1.54, 1.807) is 14.2 Å². The first kappa shape index (κ1) is 31.0. The van der Waals surface area contributed by atoms with Gasteiger partial charge < -0.3 is 24.2 Å². The fourth-order valence-electron chi connectivity index (χ4n) is 7.38. The van der Waals surface area contributed by atoms with E-state index in [4.69, 9.17) is 14.2 Å². The topological polar surface area (TPSA) is 71.5 Å². The van der Waals surface area contributed by atoms with Gasteiger partial charge in [0.1, 0.15) is 5.75 Å². The molecule has 7 nitrogen and oxygen atoms in total. The number of phenols is 1. The second kappa shape index (κ2) is 14.8. The Labute approximate surface area is 252 Å². The zero-order valence-electron chi connectivity index (χ0n) is 25.6. The van der Waals surface area contributed by atoms with Gasteiger partial charge in [-0.2, -0.15) is 0 Å². The number of carbonyl (C=O) groups excluding carboxylic acids is 1. The lowest BCUT2D eigenvalue weighted by atomic mass is 9.67. The molecule has 0 bridgehead atoms. The molecule has 0 radical (unpaired) electrons. The number of methoxy groups -OCH3 is 2. The highest BCUT2D eigenvalue weighted by Crippen LogP contribution is 2.47. The lowest BCUT2D eigenvalue weighted by Gasteiger charge is -2.53. The van der Waals surface area contributed by atoms with E-state index in [-0.39, 0.29) is 11.3 Å². The van der Waals surface area contributed by atoms with Gasteiger partial charge in [0.25, 0.3) is 0 Å². The summed E-state index contributed by atoms with van der Waals surface area (Å²) in [5, 5.41) is 11.1. The van der Waals surface area contributed by atoms with E-state index >= 15 is 0 Å². The summed E-state index contributed by atoms with van der Waals surface area (Å²) in [5.41, 5.74) is 3.24. The number of likely N-dealkylation sites (tertiary alicyclic amines) is 1. The minimum absolute atomic E-state index is 0.0922. The summed E-state index contributed by atoms with van der Waals surface area (Å²) in [7, 11) is 3.23. The normalized spacial score (nSPS) is 19.4. The highest BCUT2D eigenvalue weighted by atomic mass is 16.7. The molecule has 1 N–H and O–H groups in total. The minimum Gasteiger partial charge on any atom is -0.508 e. The number of nitrogens with zero attached hydrogens (tertiary/aromatic N) is 2. The first-order chi connectivity index (χ1) is 20.5. The Bertz CT molecular complexity index is 1120. The van der Waals surface area contributed by atoms with Crippen LogP contribution in [-0.2, 0) is 30.8 Å². The van der Waals surface area contributed by atoms with Crippen LogP contribution in [0.5, 0.6) is 5.75 Å². The van der Waals surface area contributed by atoms with Crippen LogP contribution in [0.1, 0.15) is 74.5 Å². The molecular weight excluding hydrogens is 528 g/mol. The average molecular weight is 579 g/mol. The molecule has 5 rings (SSSR count). The van der Waals surface area contributed by atoms with E-state index in [0.29, 0.717) is 43.9 Å². The smallest absolute Gasteiger partial charge is 0.225 e. The number of aromatic hydroxyl groups is 1. The molecular formula is C35H50N2O5. The number of hydrogen-bond acceptors (Lipinski definition) is 6. The van der Waals surface area contributed by atoms with Gasteiger partial charge in [0.05, 0.1) is 26.2 Å². The molecule has 42 heavy (non-hydrogen) atoms.